The van der Waals surface area contributed by atoms with E-state index in [1.54, 1.807) is 53.9 Å². The number of nitrogens with zero attached hydrogens (tertiary/aromatic N) is 1. The summed E-state index contributed by atoms with van der Waals surface area (Å²) in [5.41, 5.74) is 6.24. The quantitative estimate of drug-likeness (QED) is 0.634. The Hall–Kier alpha value is -2.90. The average molecular weight is 402 g/mol. The summed E-state index contributed by atoms with van der Waals surface area (Å²) >= 11 is 7.12. The number of primary amides is 1. The number of aromatic nitrogens is 1. The molecule has 2 amide bonds. The molecule has 0 aliphatic rings. The van der Waals surface area contributed by atoms with Gasteiger partial charge in [-0.05, 0) is 29.8 Å². The molecule has 0 saturated heterocycles. The maximum absolute atomic E-state index is 12.4. The molecule has 0 aliphatic heterocycles. The van der Waals surface area contributed by atoms with Crippen LogP contribution in [0.1, 0.15) is 27.1 Å². The Morgan fingerprint density at radius 3 is 2.52 bits per heavy atom. The van der Waals surface area contributed by atoms with Crippen molar-refractivity contribution < 1.29 is 14.3 Å². The van der Waals surface area contributed by atoms with Crippen LogP contribution >= 0.6 is 22.9 Å². The molecule has 3 N–H and O–H groups in total. The Labute approximate surface area is 164 Å². The number of carbonyl (C=O) groups excluding carboxylic acids is 2. The molecule has 6 nitrogen and oxygen atoms in total. The summed E-state index contributed by atoms with van der Waals surface area (Å²) in [5, 5.41) is 5.48. The lowest BCUT2D eigenvalue weighted by Crippen LogP contribution is -2.37. The Bertz CT molecular complexity index is 929. The predicted octanol–water partition coefficient (Wildman–Crippen LogP) is 3.33. The average Bonchev–Trinajstić information content (AvgIpc) is 3.15. The first-order chi connectivity index (χ1) is 13.0. The van der Waals surface area contributed by atoms with Gasteiger partial charge in [0.1, 0.15) is 29.1 Å². The molecule has 3 aromatic rings. The number of carbonyl (C=O) groups is 2. The molecule has 0 bridgehead atoms. The first-order valence-electron chi connectivity index (χ1n) is 8.01. The molecule has 27 heavy (non-hydrogen) atoms. The number of halogens is 1. The van der Waals surface area contributed by atoms with Gasteiger partial charge in [-0.3, -0.25) is 9.59 Å². The summed E-state index contributed by atoms with van der Waals surface area (Å²) in [6.07, 6.45) is 0. The number of thiazole rings is 1. The third-order valence-electron chi connectivity index (χ3n) is 3.65. The van der Waals surface area contributed by atoms with Crippen LogP contribution in [0.2, 0.25) is 5.02 Å². The third kappa shape index (κ3) is 5.06. The van der Waals surface area contributed by atoms with Gasteiger partial charge in [0.05, 0.1) is 0 Å². The fourth-order valence-electron chi connectivity index (χ4n) is 2.33. The molecule has 0 aliphatic carbocycles. The van der Waals surface area contributed by atoms with Crippen molar-refractivity contribution in [1.29, 1.82) is 0 Å². The standard InChI is InChI=1S/C19H16ClN3O3S/c20-13-6-8-14(9-7-13)26-10-16-22-15(11-27-16)19(25)23-17(18(21)24)12-4-2-1-3-5-12/h1-9,11,17H,10H2,(H2,21,24)(H,23,25). The van der Waals surface area contributed by atoms with Gasteiger partial charge < -0.3 is 15.8 Å². The number of amides is 2. The van der Waals surface area contributed by atoms with Crippen LogP contribution < -0.4 is 15.8 Å². The maximum atomic E-state index is 12.4. The number of nitrogens with two attached hydrogens (primary N) is 1. The lowest BCUT2D eigenvalue weighted by Gasteiger charge is -2.14. The first kappa shape index (κ1) is 18.9. The van der Waals surface area contributed by atoms with Crippen molar-refractivity contribution >= 4 is 34.8 Å². The SMILES string of the molecule is NC(=O)C(NC(=O)c1csc(COc2ccc(Cl)cc2)n1)c1ccccc1. The lowest BCUT2D eigenvalue weighted by molar-refractivity contribution is -0.120. The third-order valence-corrected chi connectivity index (χ3v) is 4.73. The van der Waals surface area contributed by atoms with Crippen LogP contribution in [0.3, 0.4) is 0 Å². The molecule has 8 heteroatoms. The van der Waals surface area contributed by atoms with Crippen molar-refractivity contribution in [1.82, 2.24) is 10.3 Å². The van der Waals surface area contributed by atoms with E-state index in [0.29, 0.717) is 21.3 Å². The summed E-state index contributed by atoms with van der Waals surface area (Å²) in [5.74, 6) is -0.466. The Balaban J connectivity index is 1.63. The van der Waals surface area contributed by atoms with E-state index in [2.05, 4.69) is 10.3 Å². The van der Waals surface area contributed by atoms with Gasteiger partial charge in [0, 0.05) is 10.4 Å². The summed E-state index contributed by atoms with van der Waals surface area (Å²) in [6, 6.07) is 14.8. The minimum atomic E-state index is -0.922. The Morgan fingerprint density at radius 2 is 1.85 bits per heavy atom. The second kappa shape index (κ2) is 8.66. The Morgan fingerprint density at radius 1 is 1.15 bits per heavy atom. The van der Waals surface area contributed by atoms with Crippen molar-refractivity contribution in [2.45, 2.75) is 12.6 Å². The van der Waals surface area contributed by atoms with Gasteiger partial charge >= 0.3 is 0 Å². The smallest absolute Gasteiger partial charge is 0.271 e. The minimum Gasteiger partial charge on any atom is -0.486 e. The van der Waals surface area contributed by atoms with E-state index in [1.165, 1.54) is 11.3 Å². The van der Waals surface area contributed by atoms with Crippen LogP contribution in [-0.2, 0) is 11.4 Å². The van der Waals surface area contributed by atoms with E-state index in [4.69, 9.17) is 22.1 Å². The van der Waals surface area contributed by atoms with Crippen molar-refractivity contribution in [3.05, 3.63) is 81.3 Å². The number of nitrogens with one attached hydrogen (secondary N) is 1. The van der Waals surface area contributed by atoms with Crippen LogP contribution in [-0.4, -0.2) is 16.8 Å². The minimum absolute atomic E-state index is 0.205. The molecule has 0 radical (unpaired) electrons. The van der Waals surface area contributed by atoms with Crippen molar-refractivity contribution in [3.63, 3.8) is 0 Å². The zero-order chi connectivity index (χ0) is 19.2. The van der Waals surface area contributed by atoms with E-state index >= 15 is 0 Å². The number of hydrogen-bond acceptors (Lipinski definition) is 5. The monoisotopic (exact) mass is 401 g/mol. The molecule has 0 saturated carbocycles. The molecule has 3 rings (SSSR count). The van der Waals surface area contributed by atoms with Gasteiger partial charge in [0.15, 0.2) is 0 Å². The summed E-state index contributed by atoms with van der Waals surface area (Å²) < 4.78 is 5.61. The predicted molar refractivity (Wildman–Crippen MR) is 104 cm³/mol. The Kier molecular flexibility index (Phi) is 6.05. The van der Waals surface area contributed by atoms with Crippen molar-refractivity contribution in [2.75, 3.05) is 0 Å². The van der Waals surface area contributed by atoms with Crippen LogP contribution in [0, 0.1) is 0 Å². The highest BCUT2D eigenvalue weighted by molar-refractivity contribution is 7.09. The lowest BCUT2D eigenvalue weighted by atomic mass is 10.1. The van der Waals surface area contributed by atoms with Gasteiger partial charge in [0.25, 0.3) is 5.91 Å². The molecule has 1 atom stereocenters. The zero-order valence-electron chi connectivity index (χ0n) is 14.1. The van der Waals surface area contributed by atoms with Gasteiger partial charge in [-0.15, -0.1) is 11.3 Å². The van der Waals surface area contributed by atoms with Gasteiger partial charge in [0.2, 0.25) is 5.91 Å². The number of hydrogen-bond donors (Lipinski definition) is 2. The highest BCUT2D eigenvalue weighted by Gasteiger charge is 2.22. The van der Waals surface area contributed by atoms with E-state index in [0.717, 1.165) is 0 Å². The van der Waals surface area contributed by atoms with Gasteiger partial charge in [-0.1, -0.05) is 41.9 Å². The molecular weight excluding hydrogens is 386 g/mol. The van der Waals surface area contributed by atoms with Crippen LogP contribution in [0.25, 0.3) is 0 Å². The van der Waals surface area contributed by atoms with E-state index in [9.17, 15) is 9.59 Å². The largest absolute Gasteiger partial charge is 0.486 e. The van der Waals surface area contributed by atoms with Crippen molar-refractivity contribution in [3.8, 4) is 5.75 Å². The molecule has 1 aromatic heterocycles. The molecule has 0 fully saturated rings. The summed E-state index contributed by atoms with van der Waals surface area (Å²) in [7, 11) is 0. The van der Waals surface area contributed by atoms with Gasteiger partial charge in [-0.25, -0.2) is 4.98 Å². The maximum Gasteiger partial charge on any atom is 0.271 e. The molecular formula is C19H16ClN3O3S. The number of benzene rings is 2. The molecule has 1 heterocycles. The summed E-state index contributed by atoms with van der Waals surface area (Å²) in [4.78, 5) is 28.4. The highest BCUT2D eigenvalue weighted by Crippen LogP contribution is 2.19. The fourth-order valence-corrected chi connectivity index (χ4v) is 3.14. The number of rotatable bonds is 7. The molecule has 2 aromatic carbocycles. The molecule has 0 spiro atoms. The number of ether oxygens (including phenoxy) is 1. The second-order valence-corrected chi connectivity index (χ2v) is 6.97. The first-order valence-corrected chi connectivity index (χ1v) is 9.26. The van der Waals surface area contributed by atoms with Crippen LogP contribution in [0.15, 0.2) is 60.0 Å². The topological polar surface area (TPSA) is 94.3 Å². The normalized spacial score (nSPS) is 11.6. The summed E-state index contributed by atoms with van der Waals surface area (Å²) in [6.45, 7) is 0.220. The highest BCUT2D eigenvalue weighted by atomic mass is 35.5. The van der Waals surface area contributed by atoms with Crippen LogP contribution in [0.5, 0.6) is 5.75 Å². The second-order valence-electron chi connectivity index (χ2n) is 5.59. The zero-order valence-corrected chi connectivity index (χ0v) is 15.7. The van der Waals surface area contributed by atoms with Gasteiger partial charge in [-0.2, -0.15) is 0 Å². The van der Waals surface area contributed by atoms with E-state index in [-0.39, 0.29) is 12.3 Å². The molecule has 1 unspecified atom stereocenters. The fraction of sp³-hybridized carbons (Fsp3) is 0.105. The van der Waals surface area contributed by atoms with E-state index < -0.39 is 17.9 Å². The molecule has 138 valence electrons. The van der Waals surface area contributed by atoms with E-state index in [1.807, 2.05) is 6.07 Å². The van der Waals surface area contributed by atoms with Crippen molar-refractivity contribution in [2.24, 2.45) is 5.73 Å². The van der Waals surface area contributed by atoms with Crippen LogP contribution in [0.4, 0.5) is 0 Å².